The quantitative estimate of drug-likeness (QED) is 0.789. The van der Waals surface area contributed by atoms with Crippen molar-refractivity contribution in [2.24, 2.45) is 5.73 Å². The van der Waals surface area contributed by atoms with E-state index in [1.807, 2.05) is 12.1 Å². The Balaban J connectivity index is 1.69. The topological polar surface area (TPSA) is 97.2 Å². The highest BCUT2D eigenvalue weighted by Crippen LogP contribution is 2.24. The minimum atomic E-state index is -0.521. The number of anilines is 1. The number of hydrogen-bond acceptors (Lipinski definition) is 3. The van der Waals surface area contributed by atoms with Gasteiger partial charge in [0.1, 0.15) is 5.69 Å². The SMILES string of the molecule is NC(=O)c1cc2cccc(NC(=O)CCC3CCCO3)c2[nH]1. The maximum absolute atomic E-state index is 12.1. The van der Waals surface area contributed by atoms with Crippen LogP contribution in [0, 0.1) is 0 Å². The fraction of sp³-hybridized carbons (Fsp3) is 0.375. The Labute approximate surface area is 128 Å². The molecule has 1 fully saturated rings. The van der Waals surface area contributed by atoms with Gasteiger partial charge in [-0.15, -0.1) is 0 Å². The molecule has 2 heterocycles. The van der Waals surface area contributed by atoms with E-state index >= 15 is 0 Å². The number of benzene rings is 1. The van der Waals surface area contributed by atoms with Crippen LogP contribution in [-0.2, 0) is 9.53 Å². The third-order valence-corrected chi connectivity index (χ3v) is 3.91. The van der Waals surface area contributed by atoms with Crippen molar-refractivity contribution in [3.63, 3.8) is 0 Å². The zero-order chi connectivity index (χ0) is 15.5. The van der Waals surface area contributed by atoms with Gasteiger partial charge >= 0.3 is 0 Å². The molecule has 116 valence electrons. The van der Waals surface area contributed by atoms with E-state index in [1.165, 1.54) is 0 Å². The molecule has 0 radical (unpaired) electrons. The molecule has 0 aliphatic carbocycles. The second-order valence-electron chi connectivity index (χ2n) is 5.54. The van der Waals surface area contributed by atoms with Gasteiger partial charge in [0, 0.05) is 18.4 Å². The van der Waals surface area contributed by atoms with Crippen molar-refractivity contribution < 1.29 is 14.3 Å². The van der Waals surface area contributed by atoms with Crippen LogP contribution in [0.4, 0.5) is 5.69 Å². The summed E-state index contributed by atoms with van der Waals surface area (Å²) in [5.74, 6) is -0.579. The second-order valence-corrected chi connectivity index (χ2v) is 5.54. The van der Waals surface area contributed by atoms with Crippen molar-refractivity contribution in [1.29, 1.82) is 0 Å². The Hall–Kier alpha value is -2.34. The number of nitrogens with two attached hydrogens (primary N) is 1. The lowest BCUT2D eigenvalue weighted by Gasteiger charge is -2.10. The van der Waals surface area contributed by atoms with Crippen molar-refractivity contribution in [3.8, 4) is 0 Å². The summed E-state index contributed by atoms with van der Waals surface area (Å²) in [4.78, 5) is 26.3. The van der Waals surface area contributed by atoms with Crippen molar-refractivity contribution in [3.05, 3.63) is 30.0 Å². The molecule has 2 amide bonds. The second kappa shape index (κ2) is 6.19. The van der Waals surface area contributed by atoms with Crippen LogP contribution in [0.1, 0.15) is 36.2 Å². The van der Waals surface area contributed by atoms with E-state index in [4.69, 9.17) is 10.5 Å². The number of primary amides is 1. The zero-order valence-electron chi connectivity index (χ0n) is 12.2. The molecular formula is C16H19N3O3. The molecule has 1 unspecified atom stereocenters. The summed E-state index contributed by atoms with van der Waals surface area (Å²) in [6.45, 7) is 0.796. The first-order chi connectivity index (χ1) is 10.6. The Morgan fingerprint density at radius 2 is 2.27 bits per heavy atom. The van der Waals surface area contributed by atoms with E-state index in [-0.39, 0.29) is 12.0 Å². The zero-order valence-corrected chi connectivity index (χ0v) is 12.2. The van der Waals surface area contributed by atoms with Crippen LogP contribution < -0.4 is 11.1 Å². The largest absolute Gasteiger partial charge is 0.378 e. The summed E-state index contributed by atoms with van der Waals surface area (Å²) in [6, 6.07) is 7.17. The summed E-state index contributed by atoms with van der Waals surface area (Å²) in [5, 5.41) is 3.72. The summed E-state index contributed by atoms with van der Waals surface area (Å²) in [6.07, 6.45) is 3.46. The molecule has 1 aliphatic rings. The van der Waals surface area contributed by atoms with Gasteiger partial charge < -0.3 is 20.8 Å². The van der Waals surface area contributed by atoms with Gasteiger partial charge in [0.15, 0.2) is 0 Å². The van der Waals surface area contributed by atoms with Gasteiger partial charge in [-0.05, 0) is 31.4 Å². The third kappa shape index (κ3) is 3.12. The van der Waals surface area contributed by atoms with Gasteiger partial charge in [0.25, 0.3) is 5.91 Å². The standard InChI is InChI=1S/C16H19N3O3/c17-16(21)13-9-10-3-1-5-12(15(10)19-13)18-14(20)7-6-11-4-2-8-22-11/h1,3,5,9,11,19H,2,4,6-8H2,(H2,17,21)(H,18,20). The molecule has 0 saturated carbocycles. The number of aromatic amines is 1. The number of carbonyl (C=O) groups excluding carboxylic acids is 2. The maximum Gasteiger partial charge on any atom is 0.265 e. The fourth-order valence-electron chi connectivity index (χ4n) is 2.77. The number of H-pyrrole nitrogens is 1. The Bertz CT molecular complexity index is 702. The molecule has 1 aromatic heterocycles. The van der Waals surface area contributed by atoms with Crippen molar-refractivity contribution in [2.75, 3.05) is 11.9 Å². The first-order valence-electron chi connectivity index (χ1n) is 7.46. The van der Waals surface area contributed by atoms with Crippen molar-refractivity contribution in [1.82, 2.24) is 4.98 Å². The monoisotopic (exact) mass is 301 g/mol. The lowest BCUT2D eigenvalue weighted by molar-refractivity contribution is -0.116. The normalized spacial score (nSPS) is 17.7. The molecule has 0 spiro atoms. The van der Waals surface area contributed by atoms with E-state index < -0.39 is 5.91 Å². The lowest BCUT2D eigenvalue weighted by atomic mass is 10.1. The van der Waals surface area contributed by atoms with Crippen molar-refractivity contribution >= 4 is 28.4 Å². The molecule has 2 aromatic rings. The van der Waals surface area contributed by atoms with Gasteiger partial charge in [-0.25, -0.2) is 0 Å². The molecular weight excluding hydrogens is 282 g/mol. The number of carbonyl (C=O) groups is 2. The smallest absolute Gasteiger partial charge is 0.265 e. The predicted octanol–water partition coefficient (Wildman–Crippen LogP) is 2.16. The van der Waals surface area contributed by atoms with Crippen LogP contribution in [-0.4, -0.2) is 29.5 Å². The molecule has 1 aliphatic heterocycles. The number of rotatable bonds is 5. The first-order valence-corrected chi connectivity index (χ1v) is 7.46. The van der Waals surface area contributed by atoms with Gasteiger partial charge in [-0.2, -0.15) is 0 Å². The van der Waals surface area contributed by atoms with E-state index in [2.05, 4.69) is 10.3 Å². The third-order valence-electron chi connectivity index (χ3n) is 3.91. The van der Waals surface area contributed by atoms with Gasteiger partial charge in [-0.3, -0.25) is 9.59 Å². The minimum Gasteiger partial charge on any atom is -0.378 e. The molecule has 1 saturated heterocycles. The van der Waals surface area contributed by atoms with Crippen LogP contribution in [0.3, 0.4) is 0 Å². The highest BCUT2D eigenvalue weighted by atomic mass is 16.5. The van der Waals surface area contributed by atoms with Crippen LogP contribution in [0.15, 0.2) is 24.3 Å². The summed E-state index contributed by atoms with van der Waals surface area (Å²) < 4.78 is 5.52. The van der Waals surface area contributed by atoms with Crippen LogP contribution >= 0.6 is 0 Å². The van der Waals surface area contributed by atoms with Gasteiger partial charge in [-0.1, -0.05) is 12.1 Å². The van der Waals surface area contributed by atoms with E-state index in [0.717, 1.165) is 31.3 Å². The molecule has 22 heavy (non-hydrogen) atoms. The number of nitrogens with one attached hydrogen (secondary N) is 2. The molecule has 1 aromatic carbocycles. The lowest BCUT2D eigenvalue weighted by Crippen LogP contribution is -2.15. The molecule has 0 bridgehead atoms. The Morgan fingerprint density at radius 3 is 3.00 bits per heavy atom. The van der Waals surface area contributed by atoms with Crippen molar-refractivity contribution in [2.45, 2.75) is 31.8 Å². The average molecular weight is 301 g/mol. The highest BCUT2D eigenvalue weighted by molar-refractivity contribution is 6.04. The molecule has 1 atom stereocenters. The van der Waals surface area contributed by atoms with Crippen LogP contribution in [0.25, 0.3) is 10.9 Å². The number of ether oxygens (including phenoxy) is 1. The van der Waals surface area contributed by atoms with E-state index in [1.54, 1.807) is 12.1 Å². The van der Waals surface area contributed by atoms with Gasteiger partial charge in [0.05, 0.1) is 17.3 Å². The minimum absolute atomic E-state index is 0.0572. The number of para-hydroxylation sites is 1. The number of hydrogen-bond donors (Lipinski definition) is 3. The summed E-state index contributed by atoms with van der Waals surface area (Å²) in [7, 11) is 0. The highest BCUT2D eigenvalue weighted by Gasteiger charge is 2.17. The van der Waals surface area contributed by atoms with Crippen LogP contribution in [0.5, 0.6) is 0 Å². The Kier molecular flexibility index (Phi) is 4.11. The average Bonchev–Trinajstić information content (AvgIpc) is 3.15. The fourth-order valence-corrected chi connectivity index (χ4v) is 2.77. The summed E-state index contributed by atoms with van der Waals surface area (Å²) in [5.41, 5.74) is 6.97. The molecule has 4 N–H and O–H groups in total. The maximum atomic E-state index is 12.1. The van der Waals surface area contributed by atoms with E-state index in [9.17, 15) is 9.59 Å². The number of aromatic nitrogens is 1. The summed E-state index contributed by atoms with van der Waals surface area (Å²) >= 11 is 0. The van der Waals surface area contributed by atoms with Gasteiger partial charge in [0.2, 0.25) is 5.91 Å². The first kappa shape index (κ1) is 14.6. The van der Waals surface area contributed by atoms with Crippen LogP contribution in [0.2, 0.25) is 0 Å². The number of amides is 2. The predicted molar refractivity (Wildman–Crippen MR) is 83.7 cm³/mol. The number of fused-ring (bicyclic) bond motifs is 1. The van der Waals surface area contributed by atoms with E-state index in [0.29, 0.717) is 23.3 Å². The molecule has 6 heteroatoms. The molecule has 3 rings (SSSR count). The Morgan fingerprint density at radius 1 is 1.41 bits per heavy atom. The molecule has 6 nitrogen and oxygen atoms in total.